The molecule has 2 rings (SSSR count). The van der Waals surface area contributed by atoms with Gasteiger partial charge in [0, 0.05) is 20.0 Å². The second kappa shape index (κ2) is 5.11. The average molecular weight is 210 g/mol. The maximum Gasteiger partial charge on any atom is 0.133 e. The van der Waals surface area contributed by atoms with Gasteiger partial charge in [0.25, 0.3) is 0 Å². The fourth-order valence-corrected chi connectivity index (χ4v) is 3.37. The third-order valence-corrected chi connectivity index (χ3v) is 4.25. The van der Waals surface area contributed by atoms with Gasteiger partial charge in [-0.15, -0.1) is 0 Å². The zero-order valence-corrected chi connectivity index (χ0v) is 9.71. The first-order valence-corrected chi connectivity index (χ1v) is 6.35. The van der Waals surface area contributed by atoms with Crippen molar-refractivity contribution in [3.8, 4) is 0 Å². The summed E-state index contributed by atoms with van der Waals surface area (Å²) >= 11 is 0. The number of ether oxygens (including phenoxy) is 1. The maximum absolute atomic E-state index is 11.5. The predicted molar refractivity (Wildman–Crippen MR) is 59.7 cm³/mol. The maximum atomic E-state index is 11.5. The number of methoxy groups -OCH3 is 1. The fourth-order valence-electron chi connectivity index (χ4n) is 3.37. The largest absolute Gasteiger partial charge is 0.381 e. The van der Waals surface area contributed by atoms with Crippen LogP contribution in [0, 0.1) is 11.8 Å². The quantitative estimate of drug-likeness (QED) is 0.665. The van der Waals surface area contributed by atoms with Crippen LogP contribution in [0.1, 0.15) is 51.4 Å². The monoisotopic (exact) mass is 210 g/mol. The van der Waals surface area contributed by atoms with Crippen molar-refractivity contribution in [2.75, 3.05) is 7.11 Å². The van der Waals surface area contributed by atoms with Crippen molar-refractivity contribution >= 4 is 5.78 Å². The third-order valence-electron chi connectivity index (χ3n) is 4.25. The highest BCUT2D eigenvalue weighted by atomic mass is 16.5. The number of hydrogen-bond donors (Lipinski definition) is 0. The molecular weight excluding hydrogens is 188 g/mol. The van der Waals surface area contributed by atoms with Crippen LogP contribution in [0.25, 0.3) is 0 Å². The molecule has 2 heteroatoms. The number of Topliss-reactive ketones (excluding diaryl/α,β-unsaturated/α-hetero) is 1. The molecule has 1 unspecified atom stereocenters. The summed E-state index contributed by atoms with van der Waals surface area (Å²) in [6.45, 7) is 0. The topological polar surface area (TPSA) is 26.3 Å². The summed E-state index contributed by atoms with van der Waals surface area (Å²) in [7, 11) is 1.81. The molecule has 0 N–H and O–H groups in total. The van der Waals surface area contributed by atoms with Crippen LogP contribution < -0.4 is 0 Å². The van der Waals surface area contributed by atoms with Crippen LogP contribution in [0.2, 0.25) is 0 Å². The average Bonchev–Trinajstić information content (AvgIpc) is 2.26. The molecule has 0 aliphatic heterocycles. The van der Waals surface area contributed by atoms with E-state index in [-0.39, 0.29) is 0 Å². The molecule has 2 aliphatic rings. The van der Waals surface area contributed by atoms with Crippen molar-refractivity contribution in [3.63, 3.8) is 0 Å². The molecule has 2 saturated carbocycles. The van der Waals surface area contributed by atoms with E-state index < -0.39 is 0 Å². The Morgan fingerprint density at radius 1 is 1.07 bits per heavy atom. The standard InChI is InChI=1S/C13H22O2/c1-15-13-9-8-11(14)7-6-10-4-2-3-5-12(10)13/h10,12-13H,2-9H2,1H3/t10-,12+,13?/m1/s1. The first-order chi connectivity index (χ1) is 7.31. The predicted octanol–water partition coefficient (Wildman–Crippen LogP) is 2.95. The highest BCUT2D eigenvalue weighted by Gasteiger charge is 2.33. The summed E-state index contributed by atoms with van der Waals surface area (Å²) < 4.78 is 5.59. The van der Waals surface area contributed by atoms with Gasteiger partial charge in [0.05, 0.1) is 6.10 Å². The molecule has 0 amide bonds. The zero-order chi connectivity index (χ0) is 10.7. The summed E-state index contributed by atoms with van der Waals surface area (Å²) in [6, 6.07) is 0. The molecule has 86 valence electrons. The Morgan fingerprint density at radius 3 is 2.60 bits per heavy atom. The van der Waals surface area contributed by atoms with E-state index in [1.54, 1.807) is 0 Å². The molecule has 0 aromatic heterocycles. The molecule has 15 heavy (non-hydrogen) atoms. The second-order valence-electron chi connectivity index (χ2n) is 5.10. The number of hydrogen-bond acceptors (Lipinski definition) is 2. The lowest BCUT2D eigenvalue weighted by Gasteiger charge is -2.38. The first-order valence-electron chi connectivity index (χ1n) is 6.35. The van der Waals surface area contributed by atoms with Crippen LogP contribution in [0.5, 0.6) is 0 Å². The van der Waals surface area contributed by atoms with Gasteiger partial charge >= 0.3 is 0 Å². The molecule has 0 saturated heterocycles. The van der Waals surface area contributed by atoms with Gasteiger partial charge in [0.15, 0.2) is 0 Å². The molecule has 0 heterocycles. The summed E-state index contributed by atoms with van der Waals surface area (Å²) in [6.07, 6.45) is 9.31. The van der Waals surface area contributed by atoms with Crippen molar-refractivity contribution in [2.24, 2.45) is 11.8 Å². The van der Waals surface area contributed by atoms with Crippen molar-refractivity contribution in [3.05, 3.63) is 0 Å². The lowest BCUT2D eigenvalue weighted by atomic mass is 9.71. The molecule has 2 aliphatic carbocycles. The Hall–Kier alpha value is -0.370. The summed E-state index contributed by atoms with van der Waals surface area (Å²) in [4.78, 5) is 11.5. The molecule has 0 aromatic rings. The summed E-state index contributed by atoms with van der Waals surface area (Å²) in [5.74, 6) is 1.94. The third kappa shape index (κ3) is 2.60. The minimum absolute atomic E-state index is 0.347. The van der Waals surface area contributed by atoms with Crippen LogP contribution in [0.15, 0.2) is 0 Å². The van der Waals surface area contributed by atoms with Crippen molar-refractivity contribution in [2.45, 2.75) is 57.5 Å². The fraction of sp³-hybridized carbons (Fsp3) is 0.923. The normalized spacial score (nSPS) is 37.9. The van der Waals surface area contributed by atoms with Crippen LogP contribution in [0.3, 0.4) is 0 Å². The van der Waals surface area contributed by atoms with Crippen molar-refractivity contribution in [1.82, 2.24) is 0 Å². The van der Waals surface area contributed by atoms with Crippen molar-refractivity contribution in [1.29, 1.82) is 0 Å². The van der Waals surface area contributed by atoms with Gasteiger partial charge in [-0.2, -0.15) is 0 Å². The first kappa shape index (κ1) is 11.1. The van der Waals surface area contributed by atoms with Crippen molar-refractivity contribution < 1.29 is 9.53 Å². The number of ketones is 1. The molecule has 2 nitrogen and oxygen atoms in total. The van der Waals surface area contributed by atoms with E-state index in [1.807, 2.05) is 7.11 Å². The van der Waals surface area contributed by atoms with Gasteiger partial charge in [-0.3, -0.25) is 4.79 Å². The molecule has 2 fully saturated rings. The van der Waals surface area contributed by atoms with E-state index in [1.165, 1.54) is 25.7 Å². The minimum Gasteiger partial charge on any atom is -0.381 e. The Bertz CT molecular complexity index is 213. The van der Waals surface area contributed by atoms with Gasteiger partial charge in [0.1, 0.15) is 5.78 Å². The highest BCUT2D eigenvalue weighted by molar-refractivity contribution is 5.78. The van der Waals surface area contributed by atoms with E-state index in [0.29, 0.717) is 11.9 Å². The summed E-state index contributed by atoms with van der Waals surface area (Å²) in [5.41, 5.74) is 0. The smallest absolute Gasteiger partial charge is 0.133 e. The van der Waals surface area contributed by atoms with Crippen LogP contribution >= 0.6 is 0 Å². The van der Waals surface area contributed by atoms with Crippen LogP contribution in [-0.2, 0) is 9.53 Å². The molecule has 0 spiro atoms. The number of carbonyl (C=O) groups excluding carboxylic acids is 1. The van der Waals surface area contributed by atoms with E-state index in [2.05, 4.69) is 0 Å². The van der Waals surface area contributed by atoms with Gasteiger partial charge in [-0.05, 0) is 31.1 Å². The van der Waals surface area contributed by atoms with E-state index >= 15 is 0 Å². The molecule has 3 atom stereocenters. The van der Waals surface area contributed by atoms with Gasteiger partial charge in [-0.1, -0.05) is 19.3 Å². The molecule has 0 bridgehead atoms. The lowest BCUT2D eigenvalue weighted by molar-refractivity contribution is -0.122. The lowest BCUT2D eigenvalue weighted by Crippen LogP contribution is -2.34. The Balaban J connectivity index is 2.05. The number of carbonyl (C=O) groups is 1. The Kier molecular flexibility index (Phi) is 3.79. The van der Waals surface area contributed by atoms with E-state index in [4.69, 9.17) is 4.74 Å². The second-order valence-corrected chi connectivity index (χ2v) is 5.10. The van der Waals surface area contributed by atoms with Crippen LogP contribution in [-0.4, -0.2) is 19.0 Å². The number of rotatable bonds is 1. The molecule has 0 aromatic carbocycles. The Labute approximate surface area is 92.4 Å². The van der Waals surface area contributed by atoms with E-state index in [0.717, 1.165) is 37.5 Å². The molecule has 0 radical (unpaired) electrons. The Morgan fingerprint density at radius 2 is 1.80 bits per heavy atom. The van der Waals surface area contributed by atoms with Gasteiger partial charge in [-0.25, -0.2) is 0 Å². The zero-order valence-electron chi connectivity index (χ0n) is 9.71. The molecular formula is C13H22O2. The number of fused-ring (bicyclic) bond motifs is 1. The van der Waals surface area contributed by atoms with Gasteiger partial charge < -0.3 is 4.74 Å². The minimum atomic E-state index is 0.347. The van der Waals surface area contributed by atoms with Gasteiger partial charge in [0.2, 0.25) is 0 Å². The SMILES string of the molecule is COC1CCC(=O)CC[C@H]2CCCC[C@H]12. The summed E-state index contributed by atoms with van der Waals surface area (Å²) in [5, 5.41) is 0. The highest BCUT2D eigenvalue weighted by Crippen LogP contribution is 2.39. The van der Waals surface area contributed by atoms with E-state index in [9.17, 15) is 4.79 Å². The van der Waals surface area contributed by atoms with Crippen LogP contribution in [0.4, 0.5) is 0 Å².